The summed E-state index contributed by atoms with van der Waals surface area (Å²) in [6.07, 6.45) is 8.59. The van der Waals surface area contributed by atoms with E-state index in [1.807, 2.05) is 13.8 Å². The predicted octanol–water partition coefficient (Wildman–Crippen LogP) is 4.32. The highest BCUT2D eigenvalue weighted by Gasteiger charge is 2.09. The van der Waals surface area contributed by atoms with E-state index in [0.717, 1.165) is 5.92 Å². The van der Waals surface area contributed by atoms with Gasteiger partial charge in [-0.1, -0.05) is 47.0 Å². The summed E-state index contributed by atoms with van der Waals surface area (Å²) in [5.41, 5.74) is 0. The molecule has 92 valence electrons. The minimum Gasteiger partial charge on any atom is -0.303 e. The fraction of sp³-hybridized carbons (Fsp3) is 1.00. The molecule has 0 aromatic rings. The second kappa shape index (κ2) is 10.5. The van der Waals surface area contributed by atoms with E-state index in [1.165, 1.54) is 58.2 Å². The van der Waals surface area contributed by atoms with Crippen molar-refractivity contribution in [2.24, 2.45) is 5.92 Å². The van der Waals surface area contributed by atoms with Gasteiger partial charge >= 0.3 is 0 Å². The van der Waals surface area contributed by atoms with Crippen molar-refractivity contribution in [2.45, 2.75) is 66.2 Å². The van der Waals surface area contributed by atoms with Gasteiger partial charge in [0.05, 0.1) is 0 Å². The van der Waals surface area contributed by atoms with Crippen LogP contribution in [0.15, 0.2) is 0 Å². The molecule has 1 heteroatoms. The highest BCUT2D eigenvalue weighted by molar-refractivity contribution is 4.65. The van der Waals surface area contributed by atoms with Crippen molar-refractivity contribution in [1.29, 1.82) is 0 Å². The van der Waals surface area contributed by atoms with E-state index in [0.29, 0.717) is 0 Å². The van der Waals surface area contributed by atoms with Crippen molar-refractivity contribution in [3.63, 3.8) is 0 Å². The number of hydrogen-bond donors (Lipinski definition) is 0. The van der Waals surface area contributed by atoms with Gasteiger partial charge in [-0.3, -0.25) is 0 Å². The molecule has 1 aliphatic heterocycles. The highest BCUT2D eigenvalue weighted by atomic mass is 15.1. The number of rotatable bonds is 6. The Kier molecular flexibility index (Phi) is 10.4. The lowest BCUT2D eigenvalue weighted by Gasteiger charge is -2.13. The Morgan fingerprint density at radius 3 is 2.07 bits per heavy atom. The molecule has 0 saturated carbocycles. The van der Waals surface area contributed by atoms with Gasteiger partial charge in [-0.05, 0) is 44.8 Å². The van der Waals surface area contributed by atoms with Crippen molar-refractivity contribution in [1.82, 2.24) is 4.90 Å². The number of unbranched alkanes of at least 4 members (excludes halogenated alkanes) is 2. The van der Waals surface area contributed by atoms with Crippen LogP contribution in [0.5, 0.6) is 0 Å². The third-order valence-electron chi connectivity index (χ3n) is 2.95. The van der Waals surface area contributed by atoms with Gasteiger partial charge in [-0.25, -0.2) is 0 Å². The third kappa shape index (κ3) is 8.92. The Labute approximate surface area is 97.2 Å². The van der Waals surface area contributed by atoms with Crippen LogP contribution in [0.2, 0.25) is 0 Å². The second-order valence-electron chi connectivity index (χ2n) is 4.79. The molecule has 15 heavy (non-hydrogen) atoms. The van der Waals surface area contributed by atoms with Crippen LogP contribution in [0.3, 0.4) is 0 Å². The third-order valence-corrected chi connectivity index (χ3v) is 2.95. The molecular formula is C14H31N. The summed E-state index contributed by atoms with van der Waals surface area (Å²) in [6.45, 7) is 12.7. The molecule has 1 saturated heterocycles. The molecule has 1 heterocycles. The fourth-order valence-corrected chi connectivity index (χ4v) is 2.07. The van der Waals surface area contributed by atoms with E-state index < -0.39 is 0 Å². The Morgan fingerprint density at radius 1 is 0.933 bits per heavy atom. The summed E-state index contributed by atoms with van der Waals surface area (Å²) in [5.74, 6) is 0.895. The summed E-state index contributed by atoms with van der Waals surface area (Å²) < 4.78 is 0. The van der Waals surface area contributed by atoms with Gasteiger partial charge in [0, 0.05) is 0 Å². The molecule has 0 spiro atoms. The summed E-state index contributed by atoms with van der Waals surface area (Å²) in [6, 6.07) is 0. The molecular weight excluding hydrogens is 182 g/mol. The lowest BCUT2D eigenvalue weighted by atomic mass is 10.1. The molecule has 1 rings (SSSR count). The molecule has 0 aliphatic carbocycles. The molecule has 0 amide bonds. The minimum atomic E-state index is 0.895. The lowest BCUT2D eigenvalue weighted by molar-refractivity contribution is 0.326. The van der Waals surface area contributed by atoms with E-state index in [4.69, 9.17) is 0 Å². The van der Waals surface area contributed by atoms with Crippen LogP contribution in [-0.2, 0) is 0 Å². The number of likely N-dealkylation sites (tertiary alicyclic amines) is 1. The zero-order chi connectivity index (χ0) is 11.5. The van der Waals surface area contributed by atoms with Crippen LogP contribution in [0.1, 0.15) is 66.2 Å². The Bertz CT molecular complexity index is 115. The van der Waals surface area contributed by atoms with E-state index in [2.05, 4.69) is 18.7 Å². The normalized spacial score (nSPS) is 16.6. The van der Waals surface area contributed by atoms with E-state index in [-0.39, 0.29) is 0 Å². The first-order chi connectivity index (χ1) is 7.29. The van der Waals surface area contributed by atoms with Gasteiger partial charge in [0.15, 0.2) is 0 Å². The molecule has 0 unspecified atom stereocenters. The lowest BCUT2D eigenvalue weighted by Crippen LogP contribution is -2.20. The van der Waals surface area contributed by atoms with Crippen LogP contribution in [0, 0.1) is 5.92 Å². The standard InChI is InChI=1S/C12H25N.C2H6/c1-12(2)8-4-3-5-9-13-10-6-7-11-13;1-2/h12H,3-11H2,1-2H3;1-2H3. The van der Waals surface area contributed by atoms with Gasteiger partial charge < -0.3 is 4.90 Å². The van der Waals surface area contributed by atoms with Crippen LogP contribution < -0.4 is 0 Å². The van der Waals surface area contributed by atoms with E-state index in [9.17, 15) is 0 Å². The van der Waals surface area contributed by atoms with Crippen LogP contribution in [0.4, 0.5) is 0 Å². The van der Waals surface area contributed by atoms with Gasteiger partial charge in [-0.2, -0.15) is 0 Å². The minimum absolute atomic E-state index is 0.895. The molecule has 0 aromatic heterocycles. The number of hydrogen-bond acceptors (Lipinski definition) is 1. The van der Waals surface area contributed by atoms with Crippen molar-refractivity contribution in [3.05, 3.63) is 0 Å². The van der Waals surface area contributed by atoms with Crippen molar-refractivity contribution in [2.75, 3.05) is 19.6 Å². The Balaban J connectivity index is 0.000000921. The molecule has 1 nitrogen and oxygen atoms in total. The maximum atomic E-state index is 2.62. The van der Waals surface area contributed by atoms with Crippen molar-refractivity contribution in [3.8, 4) is 0 Å². The van der Waals surface area contributed by atoms with Gasteiger partial charge in [-0.15, -0.1) is 0 Å². The van der Waals surface area contributed by atoms with E-state index >= 15 is 0 Å². The summed E-state index contributed by atoms with van der Waals surface area (Å²) in [7, 11) is 0. The molecule has 0 N–H and O–H groups in total. The second-order valence-corrected chi connectivity index (χ2v) is 4.79. The van der Waals surface area contributed by atoms with E-state index in [1.54, 1.807) is 0 Å². The first-order valence-electron chi connectivity index (χ1n) is 7.01. The molecule has 0 atom stereocenters. The smallest absolute Gasteiger partial charge is 0.00183 e. The zero-order valence-corrected chi connectivity index (χ0v) is 11.4. The number of nitrogens with zero attached hydrogens (tertiary/aromatic N) is 1. The van der Waals surface area contributed by atoms with Gasteiger partial charge in [0.1, 0.15) is 0 Å². The predicted molar refractivity (Wildman–Crippen MR) is 70.3 cm³/mol. The Morgan fingerprint density at radius 2 is 1.53 bits per heavy atom. The summed E-state index contributed by atoms with van der Waals surface area (Å²) in [5, 5.41) is 0. The van der Waals surface area contributed by atoms with Gasteiger partial charge in [0.25, 0.3) is 0 Å². The average molecular weight is 213 g/mol. The molecule has 0 bridgehead atoms. The first kappa shape index (κ1) is 15.0. The fourth-order valence-electron chi connectivity index (χ4n) is 2.07. The molecule has 0 radical (unpaired) electrons. The quantitative estimate of drug-likeness (QED) is 0.594. The average Bonchev–Trinajstić information content (AvgIpc) is 2.73. The van der Waals surface area contributed by atoms with Crippen molar-refractivity contribution >= 4 is 0 Å². The SMILES string of the molecule is CC.CC(C)CCCCCN1CCCC1. The highest BCUT2D eigenvalue weighted by Crippen LogP contribution is 2.11. The largest absolute Gasteiger partial charge is 0.303 e. The Hall–Kier alpha value is -0.0400. The summed E-state index contributed by atoms with van der Waals surface area (Å²) in [4.78, 5) is 2.62. The topological polar surface area (TPSA) is 3.24 Å². The zero-order valence-electron chi connectivity index (χ0n) is 11.4. The van der Waals surface area contributed by atoms with Crippen molar-refractivity contribution < 1.29 is 0 Å². The first-order valence-corrected chi connectivity index (χ1v) is 7.01. The maximum absolute atomic E-state index is 2.62. The van der Waals surface area contributed by atoms with Gasteiger partial charge in [0.2, 0.25) is 0 Å². The van der Waals surface area contributed by atoms with Crippen LogP contribution in [-0.4, -0.2) is 24.5 Å². The summed E-state index contributed by atoms with van der Waals surface area (Å²) >= 11 is 0. The monoisotopic (exact) mass is 213 g/mol. The van der Waals surface area contributed by atoms with Crippen LogP contribution in [0.25, 0.3) is 0 Å². The molecule has 0 aromatic carbocycles. The molecule has 1 aliphatic rings. The molecule has 1 fully saturated rings. The maximum Gasteiger partial charge on any atom is -0.00183 e. The van der Waals surface area contributed by atoms with Crippen LogP contribution >= 0.6 is 0 Å².